The number of aliphatic hydroxyl groups excluding tert-OH is 1. The molecule has 2 aliphatic heterocycles. The summed E-state index contributed by atoms with van der Waals surface area (Å²) in [6.45, 7) is 6.82. The van der Waals surface area contributed by atoms with E-state index in [1.165, 1.54) is 25.7 Å². The first kappa shape index (κ1) is 10.4. The van der Waals surface area contributed by atoms with Crippen LogP contribution >= 0.6 is 0 Å². The summed E-state index contributed by atoms with van der Waals surface area (Å²) in [7, 11) is 0. The van der Waals surface area contributed by atoms with Gasteiger partial charge in [0.15, 0.2) is 0 Å². The van der Waals surface area contributed by atoms with E-state index in [-0.39, 0.29) is 11.6 Å². The molecule has 0 radical (unpaired) electrons. The van der Waals surface area contributed by atoms with Crippen molar-refractivity contribution in [1.82, 2.24) is 4.90 Å². The Labute approximate surface area is 87.3 Å². The summed E-state index contributed by atoms with van der Waals surface area (Å²) in [4.78, 5) is 2.57. The third-order valence-electron chi connectivity index (χ3n) is 3.80. The molecule has 82 valence electrons. The normalized spacial score (nSPS) is 39.9. The first-order valence-corrected chi connectivity index (χ1v) is 5.96. The van der Waals surface area contributed by atoms with Crippen molar-refractivity contribution in [3.05, 3.63) is 0 Å². The van der Waals surface area contributed by atoms with Gasteiger partial charge in [-0.25, -0.2) is 0 Å². The van der Waals surface area contributed by atoms with Crippen LogP contribution in [0.5, 0.6) is 0 Å². The zero-order valence-electron chi connectivity index (χ0n) is 9.66. The molecule has 14 heavy (non-hydrogen) atoms. The minimum absolute atomic E-state index is 0.0817. The molecule has 0 spiro atoms. The van der Waals surface area contributed by atoms with Gasteiger partial charge in [-0.1, -0.05) is 0 Å². The van der Waals surface area contributed by atoms with E-state index in [0.29, 0.717) is 6.04 Å². The lowest BCUT2D eigenvalue weighted by atomic mass is 9.99. The van der Waals surface area contributed by atoms with Crippen molar-refractivity contribution < 1.29 is 5.11 Å². The second-order valence-electron chi connectivity index (χ2n) is 5.87. The summed E-state index contributed by atoms with van der Waals surface area (Å²) < 4.78 is 0. The van der Waals surface area contributed by atoms with Gasteiger partial charge < -0.3 is 5.11 Å². The molecule has 0 amide bonds. The van der Waals surface area contributed by atoms with Crippen molar-refractivity contribution in [2.24, 2.45) is 0 Å². The second-order valence-corrected chi connectivity index (χ2v) is 5.87. The highest BCUT2D eigenvalue weighted by Gasteiger charge is 2.44. The van der Waals surface area contributed by atoms with Gasteiger partial charge in [-0.05, 0) is 52.9 Å². The fraction of sp³-hybridized carbons (Fsp3) is 1.00. The first-order valence-electron chi connectivity index (χ1n) is 5.96. The topological polar surface area (TPSA) is 23.5 Å². The molecule has 0 aliphatic carbocycles. The molecule has 2 heterocycles. The zero-order chi connectivity index (χ0) is 10.3. The van der Waals surface area contributed by atoms with Gasteiger partial charge in [0.05, 0.1) is 6.10 Å². The van der Waals surface area contributed by atoms with Crippen molar-refractivity contribution in [2.75, 3.05) is 0 Å². The van der Waals surface area contributed by atoms with Crippen molar-refractivity contribution in [1.29, 1.82) is 0 Å². The summed E-state index contributed by atoms with van der Waals surface area (Å²) in [6, 6.07) is 1.17. The van der Waals surface area contributed by atoms with Crippen LogP contribution in [-0.4, -0.2) is 33.7 Å². The Morgan fingerprint density at radius 1 is 1.07 bits per heavy atom. The number of nitrogens with zero attached hydrogens (tertiary/aromatic N) is 1. The van der Waals surface area contributed by atoms with Crippen LogP contribution in [-0.2, 0) is 0 Å². The summed E-state index contributed by atoms with van der Waals surface area (Å²) >= 11 is 0. The third-order valence-corrected chi connectivity index (χ3v) is 3.80. The molecule has 2 rings (SSSR count). The highest BCUT2D eigenvalue weighted by atomic mass is 16.3. The molecule has 1 N–H and O–H groups in total. The lowest BCUT2D eigenvalue weighted by molar-refractivity contribution is 0.0138. The zero-order valence-corrected chi connectivity index (χ0v) is 9.66. The maximum atomic E-state index is 10.1. The Kier molecular flexibility index (Phi) is 2.61. The van der Waals surface area contributed by atoms with Crippen LogP contribution in [0, 0.1) is 0 Å². The predicted molar refractivity (Wildman–Crippen MR) is 58.3 cm³/mol. The van der Waals surface area contributed by atoms with E-state index in [9.17, 15) is 5.11 Å². The van der Waals surface area contributed by atoms with E-state index >= 15 is 0 Å². The SMILES string of the molecule is CC(C)(C)N1C2CCCC(O)C1CC2. The summed E-state index contributed by atoms with van der Waals surface area (Å²) in [6.07, 6.45) is 5.90. The molecule has 2 fully saturated rings. The van der Waals surface area contributed by atoms with E-state index in [2.05, 4.69) is 25.7 Å². The van der Waals surface area contributed by atoms with Crippen LogP contribution in [0.1, 0.15) is 52.9 Å². The smallest absolute Gasteiger partial charge is 0.0695 e. The van der Waals surface area contributed by atoms with Gasteiger partial charge in [-0.2, -0.15) is 0 Å². The van der Waals surface area contributed by atoms with Gasteiger partial charge in [0.1, 0.15) is 0 Å². The van der Waals surface area contributed by atoms with Gasteiger partial charge in [0.25, 0.3) is 0 Å². The minimum atomic E-state index is -0.0817. The Bertz CT molecular complexity index is 209. The van der Waals surface area contributed by atoms with Crippen LogP contribution < -0.4 is 0 Å². The molecular formula is C12H23NO. The van der Waals surface area contributed by atoms with E-state index in [1.807, 2.05) is 0 Å². The average molecular weight is 197 g/mol. The van der Waals surface area contributed by atoms with Crippen molar-refractivity contribution in [3.63, 3.8) is 0 Å². The number of rotatable bonds is 0. The number of hydrogen-bond acceptors (Lipinski definition) is 2. The first-order chi connectivity index (χ1) is 6.50. The van der Waals surface area contributed by atoms with E-state index in [4.69, 9.17) is 0 Å². The van der Waals surface area contributed by atoms with Gasteiger partial charge >= 0.3 is 0 Å². The molecule has 2 bridgehead atoms. The standard InChI is InChI=1S/C12H23NO/c1-12(2,3)13-9-5-4-6-11(14)10(13)8-7-9/h9-11,14H,4-8H2,1-3H3. The van der Waals surface area contributed by atoms with Crippen molar-refractivity contribution >= 4 is 0 Å². The number of aliphatic hydroxyl groups is 1. The van der Waals surface area contributed by atoms with E-state index in [0.717, 1.165) is 12.5 Å². The average Bonchev–Trinajstić information content (AvgIpc) is 2.38. The Morgan fingerprint density at radius 2 is 1.79 bits per heavy atom. The molecule has 0 aromatic carbocycles. The second kappa shape index (κ2) is 3.49. The largest absolute Gasteiger partial charge is 0.391 e. The predicted octanol–water partition coefficient (Wildman–Crippen LogP) is 2.16. The summed E-state index contributed by atoms with van der Waals surface area (Å²) in [5.74, 6) is 0. The maximum absolute atomic E-state index is 10.1. The fourth-order valence-electron chi connectivity index (χ4n) is 3.37. The van der Waals surface area contributed by atoms with Crippen LogP contribution in [0.25, 0.3) is 0 Å². The molecule has 2 nitrogen and oxygen atoms in total. The monoisotopic (exact) mass is 197 g/mol. The van der Waals surface area contributed by atoms with E-state index in [1.54, 1.807) is 0 Å². The molecule has 0 saturated carbocycles. The van der Waals surface area contributed by atoms with Crippen LogP contribution in [0.15, 0.2) is 0 Å². The maximum Gasteiger partial charge on any atom is 0.0695 e. The van der Waals surface area contributed by atoms with Crippen molar-refractivity contribution in [2.45, 2.75) is 76.6 Å². The lowest BCUT2D eigenvalue weighted by Gasteiger charge is -2.41. The molecule has 3 unspecified atom stereocenters. The molecule has 0 aromatic heterocycles. The Hall–Kier alpha value is -0.0800. The van der Waals surface area contributed by atoms with Crippen LogP contribution in [0.2, 0.25) is 0 Å². The summed E-state index contributed by atoms with van der Waals surface area (Å²) in [5.41, 5.74) is 0.219. The highest BCUT2D eigenvalue weighted by molar-refractivity contribution is 4.99. The van der Waals surface area contributed by atoms with Gasteiger partial charge in [-0.3, -0.25) is 4.90 Å². The Morgan fingerprint density at radius 3 is 2.43 bits per heavy atom. The third kappa shape index (κ3) is 1.70. The molecule has 0 aromatic rings. The van der Waals surface area contributed by atoms with Gasteiger partial charge in [-0.15, -0.1) is 0 Å². The molecule has 2 aliphatic rings. The Balaban J connectivity index is 2.22. The highest BCUT2D eigenvalue weighted by Crippen LogP contribution is 2.39. The minimum Gasteiger partial charge on any atom is -0.391 e. The van der Waals surface area contributed by atoms with Gasteiger partial charge in [0.2, 0.25) is 0 Å². The summed E-state index contributed by atoms with van der Waals surface area (Å²) in [5, 5.41) is 10.1. The molecule has 3 atom stereocenters. The molecular weight excluding hydrogens is 174 g/mol. The number of hydrogen-bond donors (Lipinski definition) is 1. The number of fused-ring (bicyclic) bond motifs is 2. The fourth-order valence-corrected chi connectivity index (χ4v) is 3.37. The van der Waals surface area contributed by atoms with Crippen molar-refractivity contribution in [3.8, 4) is 0 Å². The van der Waals surface area contributed by atoms with Crippen LogP contribution in [0.3, 0.4) is 0 Å². The van der Waals surface area contributed by atoms with E-state index < -0.39 is 0 Å². The quantitative estimate of drug-likeness (QED) is 0.643. The van der Waals surface area contributed by atoms with Gasteiger partial charge in [0, 0.05) is 17.6 Å². The lowest BCUT2D eigenvalue weighted by Crippen LogP contribution is -2.51. The molecule has 2 saturated heterocycles. The van der Waals surface area contributed by atoms with Crippen LogP contribution in [0.4, 0.5) is 0 Å². The molecule has 2 heteroatoms.